The lowest BCUT2D eigenvalue weighted by Gasteiger charge is -2.21. The SMILES string of the molecule is COc1ccc(S(=O)(=O)N(CCc2ccccc2)CC(=O)N/N=C\c2ccccc2OCc2ccccc2)cc1. The van der Waals surface area contributed by atoms with Gasteiger partial charge in [-0.2, -0.15) is 9.41 Å². The molecule has 4 aromatic carbocycles. The van der Waals surface area contributed by atoms with Crippen LogP contribution in [0.15, 0.2) is 119 Å². The zero-order valence-corrected chi connectivity index (χ0v) is 23.0. The van der Waals surface area contributed by atoms with Crippen LogP contribution in [-0.2, 0) is 27.8 Å². The Bertz CT molecular complexity index is 1510. The molecule has 0 radical (unpaired) electrons. The average Bonchev–Trinajstić information content (AvgIpc) is 2.99. The number of methoxy groups -OCH3 is 1. The number of sulfonamides is 1. The summed E-state index contributed by atoms with van der Waals surface area (Å²) in [5.41, 5.74) is 5.11. The van der Waals surface area contributed by atoms with Crippen LogP contribution in [0, 0.1) is 0 Å². The lowest BCUT2D eigenvalue weighted by Crippen LogP contribution is -2.40. The van der Waals surface area contributed by atoms with Crippen LogP contribution in [-0.4, -0.2) is 45.0 Å². The molecule has 0 saturated heterocycles. The highest BCUT2D eigenvalue weighted by Gasteiger charge is 2.26. The number of benzene rings is 4. The van der Waals surface area contributed by atoms with Crippen LogP contribution in [0.5, 0.6) is 11.5 Å². The van der Waals surface area contributed by atoms with Gasteiger partial charge in [-0.15, -0.1) is 0 Å². The fraction of sp³-hybridized carbons (Fsp3) is 0.161. The van der Waals surface area contributed by atoms with Crippen molar-refractivity contribution in [2.75, 3.05) is 20.2 Å². The van der Waals surface area contributed by atoms with Gasteiger partial charge >= 0.3 is 0 Å². The molecule has 0 aliphatic carbocycles. The Hall–Kier alpha value is -4.47. The Labute approximate surface area is 234 Å². The highest BCUT2D eigenvalue weighted by molar-refractivity contribution is 7.89. The van der Waals surface area contributed by atoms with Gasteiger partial charge in [0.1, 0.15) is 18.1 Å². The number of hydrazone groups is 1. The number of nitrogens with one attached hydrogen (secondary N) is 1. The van der Waals surface area contributed by atoms with E-state index in [0.717, 1.165) is 15.4 Å². The quantitative estimate of drug-likeness (QED) is 0.191. The minimum atomic E-state index is -3.96. The molecular formula is C31H31N3O5S. The van der Waals surface area contributed by atoms with Gasteiger partial charge in [-0.1, -0.05) is 72.8 Å². The number of para-hydroxylation sites is 1. The Kier molecular flexibility index (Phi) is 10.0. The highest BCUT2D eigenvalue weighted by Crippen LogP contribution is 2.20. The monoisotopic (exact) mass is 557 g/mol. The molecule has 4 aromatic rings. The zero-order chi connectivity index (χ0) is 28.2. The van der Waals surface area contributed by atoms with Gasteiger partial charge in [0.25, 0.3) is 5.91 Å². The zero-order valence-electron chi connectivity index (χ0n) is 22.1. The van der Waals surface area contributed by atoms with Crippen LogP contribution in [0.2, 0.25) is 0 Å². The van der Waals surface area contributed by atoms with Gasteiger partial charge in [0, 0.05) is 12.1 Å². The molecule has 9 heteroatoms. The fourth-order valence-corrected chi connectivity index (χ4v) is 5.30. The minimum Gasteiger partial charge on any atom is -0.497 e. The second-order valence-corrected chi connectivity index (χ2v) is 10.8. The first kappa shape index (κ1) is 28.5. The van der Waals surface area contributed by atoms with Crippen LogP contribution < -0.4 is 14.9 Å². The van der Waals surface area contributed by atoms with E-state index in [1.807, 2.05) is 84.9 Å². The molecule has 4 rings (SSSR count). The van der Waals surface area contributed by atoms with E-state index >= 15 is 0 Å². The molecule has 0 saturated carbocycles. The molecule has 8 nitrogen and oxygen atoms in total. The van der Waals surface area contributed by atoms with Crippen LogP contribution >= 0.6 is 0 Å². The van der Waals surface area contributed by atoms with Crippen molar-refractivity contribution < 1.29 is 22.7 Å². The first-order valence-corrected chi connectivity index (χ1v) is 14.2. The standard InChI is InChI=1S/C31H31N3O5S/c1-38-28-16-18-29(19-17-28)40(36,37)34(21-20-25-10-4-2-5-11-25)23-31(35)33-32-22-27-14-8-9-15-30(27)39-24-26-12-6-3-7-13-26/h2-19,22H,20-21,23-24H2,1H3,(H,33,35)/b32-22-. The summed E-state index contributed by atoms with van der Waals surface area (Å²) >= 11 is 0. The van der Waals surface area contributed by atoms with E-state index in [9.17, 15) is 13.2 Å². The number of hydrogen-bond donors (Lipinski definition) is 1. The second-order valence-electron chi connectivity index (χ2n) is 8.85. The van der Waals surface area contributed by atoms with Crippen LogP contribution in [0.3, 0.4) is 0 Å². The molecule has 1 amide bonds. The molecule has 0 atom stereocenters. The van der Waals surface area contributed by atoms with Crippen LogP contribution in [0.4, 0.5) is 0 Å². The summed E-state index contributed by atoms with van der Waals surface area (Å²) in [7, 11) is -2.46. The van der Waals surface area contributed by atoms with Crippen molar-refractivity contribution in [3.63, 3.8) is 0 Å². The van der Waals surface area contributed by atoms with Gasteiger partial charge in [0.05, 0.1) is 24.8 Å². The molecule has 0 bridgehead atoms. The first-order valence-electron chi connectivity index (χ1n) is 12.7. The third-order valence-electron chi connectivity index (χ3n) is 6.06. The van der Waals surface area contributed by atoms with Crippen molar-refractivity contribution in [2.45, 2.75) is 17.9 Å². The van der Waals surface area contributed by atoms with Crippen LogP contribution in [0.1, 0.15) is 16.7 Å². The maximum atomic E-state index is 13.5. The molecule has 1 N–H and O–H groups in total. The smallest absolute Gasteiger partial charge is 0.255 e. The van der Waals surface area contributed by atoms with Crippen molar-refractivity contribution in [1.82, 2.24) is 9.73 Å². The summed E-state index contributed by atoms with van der Waals surface area (Å²) in [4.78, 5) is 12.9. The molecule has 0 aromatic heterocycles. The maximum absolute atomic E-state index is 13.5. The Morgan fingerprint density at radius 2 is 1.48 bits per heavy atom. The van der Waals surface area contributed by atoms with E-state index < -0.39 is 22.5 Å². The van der Waals surface area contributed by atoms with E-state index in [2.05, 4.69) is 10.5 Å². The van der Waals surface area contributed by atoms with E-state index in [1.165, 1.54) is 25.5 Å². The summed E-state index contributed by atoms with van der Waals surface area (Å²) in [5.74, 6) is 0.579. The number of ether oxygens (including phenoxy) is 2. The van der Waals surface area contributed by atoms with E-state index in [0.29, 0.717) is 30.1 Å². The third-order valence-corrected chi connectivity index (χ3v) is 7.92. The molecule has 206 valence electrons. The summed E-state index contributed by atoms with van der Waals surface area (Å²) < 4.78 is 39.2. The van der Waals surface area contributed by atoms with Gasteiger partial charge in [0.2, 0.25) is 10.0 Å². The molecule has 40 heavy (non-hydrogen) atoms. The molecule has 0 heterocycles. The fourth-order valence-electron chi connectivity index (χ4n) is 3.90. The van der Waals surface area contributed by atoms with E-state index in [1.54, 1.807) is 12.1 Å². The summed E-state index contributed by atoms with van der Waals surface area (Å²) in [6.45, 7) is 0.105. The Morgan fingerprint density at radius 1 is 0.850 bits per heavy atom. The highest BCUT2D eigenvalue weighted by atomic mass is 32.2. The maximum Gasteiger partial charge on any atom is 0.255 e. The molecule has 0 fully saturated rings. The minimum absolute atomic E-state index is 0.0714. The number of carbonyl (C=O) groups excluding carboxylic acids is 1. The van der Waals surface area contributed by atoms with Gasteiger partial charge in [-0.3, -0.25) is 4.79 Å². The Balaban J connectivity index is 1.44. The van der Waals surface area contributed by atoms with Crippen molar-refractivity contribution in [3.05, 3.63) is 126 Å². The number of hydrogen-bond acceptors (Lipinski definition) is 6. The molecule has 0 spiro atoms. The normalized spacial score (nSPS) is 11.4. The molecule has 0 aliphatic rings. The average molecular weight is 558 g/mol. The summed E-state index contributed by atoms with van der Waals surface area (Å²) in [6.07, 6.45) is 1.92. The van der Waals surface area contributed by atoms with Crippen molar-refractivity contribution >= 4 is 22.1 Å². The lowest BCUT2D eigenvalue weighted by atomic mass is 10.1. The Morgan fingerprint density at radius 3 is 2.15 bits per heavy atom. The molecular weight excluding hydrogens is 526 g/mol. The summed E-state index contributed by atoms with van der Waals surface area (Å²) in [5, 5.41) is 4.06. The van der Waals surface area contributed by atoms with Gasteiger partial charge in [0.15, 0.2) is 0 Å². The number of amides is 1. The summed E-state index contributed by atoms with van der Waals surface area (Å²) in [6, 6.07) is 32.7. The third kappa shape index (κ3) is 8.02. The lowest BCUT2D eigenvalue weighted by molar-refractivity contribution is -0.121. The van der Waals surface area contributed by atoms with Gasteiger partial charge in [-0.05, 0) is 53.9 Å². The second kappa shape index (κ2) is 14.1. The van der Waals surface area contributed by atoms with Crippen molar-refractivity contribution in [1.29, 1.82) is 0 Å². The van der Waals surface area contributed by atoms with Crippen LogP contribution in [0.25, 0.3) is 0 Å². The topological polar surface area (TPSA) is 97.3 Å². The number of rotatable bonds is 13. The van der Waals surface area contributed by atoms with E-state index in [-0.39, 0.29) is 11.4 Å². The molecule has 0 aliphatic heterocycles. The van der Waals surface area contributed by atoms with Crippen molar-refractivity contribution in [3.8, 4) is 11.5 Å². The largest absolute Gasteiger partial charge is 0.497 e. The predicted octanol–water partition coefficient (Wildman–Crippen LogP) is 4.66. The predicted molar refractivity (Wildman–Crippen MR) is 155 cm³/mol. The molecule has 0 unspecified atom stereocenters. The van der Waals surface area contributed by atoms with Gasteiger partial charge < -0.3 is 9.47 Å². The first-order chi connectivity index (χ1) is 19.5. The number of nitrogens with zero attached hydrogens (tertiary/aromatic N) is 2. The van der Waals surface area contributed by atoms with Gasteiger partial charge in [-0.25, -0.2) is 13.8 Å². The van der Waals surface area contributed by atoms with Crippen molar-refractivity contribution in [2.24, 2.45) is 5.10 Å². The number of carbonyl (C=O) groups is 1. The van der Waals surface area contributed by atoms with E-state index in [4.69, 9.17) is 9.47 Å².